The lowest BCUT2D eigenvalue weighted by Crippen LogP contribution is -2.29. The van der Waals surface area contributed by atoms with Gasteiger partial charge in [0.1, 0.15) is 6.61 Å². The molecule has 0 spiro atoms. The summed E-state index contributed by atoms with van der Waals surface area (Å²) in [5, 5.41) is 20.6. The monoisotopic (exact) mass is 380 g/mol. The Labute approximate surface area is 153 Å². The van der Waals surface area contributed by atoms with Crippen LogP contribution in [0.25, 0.3) is 11.6 Å². The summed E-state index contributed by atoms with van der Waals surface area (Å²) >= 11 is 18.0. The first-order chi connectivity index (χ1) is 11.4. The van der Waals surface area contributed by atoms with Crippen LogP contribution in [0.4, 0.5) is 0 Å². The number of halogens is 3. The number of hydrogen-bond donors (Lipinski definition) is 0. The van der Waals surface area contributed by atoms with Crippen molar-refractivity contribution >= 4 is 52.4 Å². The van der Waals surface area contributed by atoms with Crippen molar-refractivity contribution in [3.05, 3.63) is 62.6 Å². The molecule has 2 rings (SSSR count). The van der Waals surface area contributed by atoms with E-state index in [1.807, 2.05) is 0 Å². The summed E-state index contributed by atoms with van der Waals surface area (Å²) in [5.74, 6) is -1.34. The van der Waals surface area contributed by atoms with Gasteiger partial charge in [0.25, 0.3) is 0 Å². The van der Waals surface area contributed by atoms with Gasteiger partial charge in [-0.2, -0.15) is 5.26 Å². The largest absolute Gasteiger partial charge is 0.546 e. The third-order valence-electron chi connectivity index (χ3n) is 2.94. The average Bonchev–Trinajstić information content (AvgIpc) is 2.52. The zero-order valence-electron chi connectivity index (χ0n) is 12.1. The number of carboxylic acid groups (broad SMARTS) is 1. The molecule has 0 atom stereocenters. The van der Waals surface area contributed by atoms with Crippen LogP contribution < -0.4 is 9.84 Å². The summed E-state index contributed by atoms with van der Waals surface area (Å²) in [5.41, 5.74) is 1.64. The van der Waals surface area contributed by atoms with Gasteiger partial charge in [0.15, 0.2) is 5.75 Å². The van der Waals surface area contributed by atoms with Crippen molar-refractivity contribution in [2.24, 2.45) is 0 Å². The van der Waals surface area contributed by atoms with Crippen molar-refractivity contribution in [2.75, 3.05) is 6.61 Å². The first kappa shape index (κ1) is 18.2. The van der Waals surface area contributed by atoms with Crippen molar-refractivity contribution in [3.8, 4) is 11.8 Å². The van der Waals surface area contributed by atoms with Crippen molar-refractivity contribution in [2.45, 2.75) is 0 Å². The molecular weight excluding hydrogens is 373 g/mol. The number of rotatable bonds is 5. The molecule has 7 heteroatoms. The fraction of sp³-hybridized carbons (Fsp3) is 0.0588. The lowest BCUT2D eigenvalue weighted by molar-refractivity contribution is -0.307. The molecule has 0 aliphatic rings. The standard InChI is InChI=1S/C17H10Cl3NO3/c18-13-3-1-11(2-4-13)12(8-21)5-10-6-14(19)17(15(20)7-10)24-9-16(22)23/h1-7H,9H2,(H,22,23)/p-1/b12-5-. The molecule has 0 saturated heterocycles. The van der Waals surface area contributed by atoms with Crippen LogP contribution in [-0.4, -0.2) is 12.6 Å². The SMILES string of the molecule is N#C/C(=C/c1cc(Cl)c(OCC(=O)[O-])c(Cl)c1)c1ccc(Cl)cc1. The Morgan fingerprint density at radius 3 is 2.25 bits per heavy atom. The average molecular weight is 382 g/mol. The van der Waals surface area contributed by atoms with Gasteiger partial charge in [0, 0.05) is 5.02 Å². The summed E-state index contributed by atoms with van der Waals surface area (Å²) in [7, 11) is 0. The van der Waals surface area contributed by atoms with Crippen LogP contribution in [-0.2, 0) is 4.79 Å². The Morgan fingerprint density at radius 2 is 1.75 bits per heavy atom. The number of hydrogen-bond acceptors (Lipinski definition) is 4. The van der Waals surface area contributed by atoms with E-state index in [9.17, 15) is 15.2 Å². The predicted octanol–water partition coefficient (Wildman–Crippen LogP) is 3.84. The molecule has 0 amide bonds. The summed E-state index contributed by atoms with van der Waals surface area (Å²) in [6.07, 6.45) is 1.60. The van der Waals surface area contributed by atoms with Gasteiger partial charge in [-0.05, 0) is 41.5 Å². The minimum absolute atomic E-state index is 0.0460. The number of nitrogens with zero attached hydrogens (tertiary/aromatic N) is 1. The fourth-order valence-corrected chi connectivity index (χ4v) is 2.65. The second-order valence-electron chi connectivity index (χ2n) is 4.65. The Morgan fingerprint density at radius 1 is 1.17 bits per heavy atom. The molecule has 0 radical (unpaired) electrons. The number of carbonyl (C=O) groups excluding carboxylic acids is 1. The van der Waals surface area contributed by atoms with E-state index in [1.54, 1.807) is 30.3 Å². The molecular formula is C17H9Cl3NO3-. The number of aliphatic carboxylic acids is 1. The molecule has 2 aromatic rings. The normalized spacial score (nSPS) is 11.0. The molecule has 4 nitrogen and oxygen atoms in total. The van der Waals surface area contributed by atoms with E-state index in [2.05, 4.69) is 6.07 Å². The van der Waals surface area contributed by atoms with E-state index in [1.165, 1.54) is 12.1 Å². The van der Waals surface area contributed by atoms with Crippen LogP contribution in [0, 0.1) is 11.3 Å². The van der Waals surface area contributed by atoms with Crippen LogP contribution >= 0.6 is 34.8 Å². The second-order valence-corrected chi connectivity index (χ2v) is 5.90. The van der Waals surface area contributed by atoms with E-state index in [4.69, 9.17) is 39.5 Å². The van der Waals surface area contributed by atoms with Crippen molar-refractivity contribution in [1.82, 2.24) is 0 Å². The van der Waals surface area contributed by atoms with Crippen molar-refractivity contribution in [3.63, 3.8) is 0 Å². The van der Waals surface area contributed by atoms with Crippen LogP contribution in [0.2, 0.25) is 15.1 Å². The number of carbonyl (C=O) groups is 1. The zero-order valence-corrected chi connectivity index (χ0v) is 14.3. The van der Waals surface area contributed by atoms with Gasteiger partial charge in [-0.3, -0.25) is 0 Å². The van der Waals surface area contributed by atoms with Gasteiger partial charge in [-0.15, -0.1) is 0 Å². The number of ether oxygens (including phenoxy) is 1. The first-order valence-electron chi connectivity index (χ1n) is 6.60. The number of carboxylic acids is 1. The maximum atomic E-state index is 10.5. The second kappa shape index (κ2) is 8.07. The lowest BCUT2D eigenvalue weighted by atomic mass is 10.0. The maximum absolute atomic E-state index is 10.5. The van der Waals surface area contributed by atoms with Crippen LogP contribution in [0.5, 0.6) is 5.75 Å². The first-order valence-corrected chi connectivity index (χ1v) is 7.73. The molecule has 2 aromatic carbocycles. The fourth-order valence-electron chi connectivity index (χ4n) is 1.91. The summed E-state index contributed by atoms with van der Waals surface area (Å²) in [6, 6.07) is 11.9. The molecule has 0 heterocycles. The molecule has 122 valence electrons. The Kier molecular flexibility index (Phi) is 6.10. The van der Waals surface area contributed by atoms with Gasteiger partial charge in [0.2, 0.25) is 0 Å². The molecule has 0 N–H and O–H groups in total. The molecule has 0 fully saturated rings. The zero-order chi connectivity index (χ0) is 17.7. The topological polar surface area (TPSA) is 73.1 Å². The molecule has 24 heavy (non-hydrogen) atoms. The van der Waals surface area contributed by atoms with E-state index in [0.717, 1.165) is 0 Å². The van der Waals surface area contributed by atoms with Crippen LogP contribution in [0.15, 0.2) is 36.4 Å². The maximum Gasteiger partial charge on any atom is 0.157 e. The molecule has 0 unspecified atom stereocenters. The molecule has 0 aromatic heterocycles. The summed E-state index contributed by atoms with van der Waals surface area (Å²) in [6.45, 7) is -0.664. The van der Waals surface area contributed by atoms with Crippen LogP contribution in [0.3, 0.4) is 0 Å². The quantitative estimate of drug-likeness (QED) is 0.582. The van der Waals surface area contributed by atoms with Crippen molar-refractivity contribution < 1.29 is 14.6 Å². The molecule has 0 aliphatic heterocycles. The van der Waals surface area contributed by atoms with E-state index >= 15 is 0 Å². The van der Waals surface area contributed by atoms with E-state index in [0.29, 0.717) is 21.7 Å². The van der Waals surface area contributed by atoms with E-state index < -0.39 is 12.6 Å². The molecule has 0 aliphatic carbocycles. The predicted molar refractivity (Wildman–Crippen MR) is 91.9 cm³/mol. The summed E-state index contributed by atoms with van der Waals surface area (Å²) < 4.78 is 4.99. The van der Waals surface area contributed by atoms with Crippen molar-refractivity contribution in [1.29, 1.82) is 5.26 Å². The number of benzene rings is 2. The lowest BCUT2D eigenvalue weighted by Gasteiger charge is -2.11. The smallest absolute Gasteiger partial charge is 0.157 e. The Hall–Kier alpha value is -2.19. The molecule has 0 bridgehead atoms. The number of allylic oxidation sites excluding steroid dienone is 1. The highest BCUT2D eigenvalue weighted by molar-refractivity contribution is 6.37. The highest BCUT2D eigenvalue weighted by atomic mass is 35.5. The number of nitriles is 1. The Bertz CT molecular complexity index is 816. The minimum Gasteiger partial charge on any atom is -0.546 e. The minimum atomic E-state index is -1.39. The van der Waals surface area contributed by atoms with Gasteiger partial charge in [0.05, 0.1) is 27.7 Å². The highest BCUT2D eigenvalue weighted by Crippen LogP contribution is 2.35. The third kappa shape index (κ3) is 4.65. The van der Waals surface area contributed by atoms with Gasteiger partial charge in [-0.25, -0.2) is 0 Å². The third-order valence-corrected chi connectivity index (χ3v) is 3.76. The van der Waals surface area contributed by atoms with Crippen LogP contribution in [0.1, 0.15) is 11.1 Å². The van der Waals surface area contributed by atoms with Gasteiger partial charge in [-0.1, -0.05) is 46.9 Å². The van der Waals surface area contributed by atoms with E-state index in [-0.39, 0.29) is 15.8 Å². The van der Waals surface area contributed by atoms with Gasteiger partial charge >= 0.3 is 0 Å². The molecule has 0 saturated carbocycles. The highest BCUT2D eigenvalue weighted by Gasteiger charge is 2.10. The van der Waals surface area contributed by atoms with Gasteiger partial charge < -0.3 is 14.6 Å². The summed E-state index contributed by atoms with van der Waals surface area (Å²) in [4.78, 5) is 10.5. The Balaban J connectivity index is 2.36.